The second-order valence-electron chi connectivity index (χ2n) is 21.7. The summed E-state index contributed by atoms with van der Waals surface area (Å²) in [6.45, 7) is 35.7. The molecular weight excluding hydrogens is 743 g/mol. The van der Waals surface area contributed by atoms with Gasteiger partial charge in [0.15, 0.2) is 22.2 Å². The molecule has 0 amide bonds. The van der Waals surface area contributed by atoms with Gasteiger partial charge in [-0.25, -0.2) is 4.79 Å². The van der Waals surface area contributed by atoms with Crippen molar-refractivity contribution in [2.45, 2.75) is 187 Å². The zero-order valence-corrected chi connectivity index (χ0v) is 40.6. The van der Waals surface area contributed by atoms with E-state index in [-0.39, 0.29) is 39.7 Å². The first-order valence-corrected chi connectivity index (χ1v) is 27.8. The van der Waals surface area contributed by atoms with Crippen LogP contribution in [0.4, 0.5) is 0 Å². The van der Waals surface area contributed by atoms with Gasteiger partial charge >= 0.3 is 5.97 Å². The molecule has 1 heterocycles. The summed E-state index contributed by atoms with van der Waals surface area (Å²) in [7, 11) is -0.875. The van der Waals surface area contributed by atoms with E-state index in [0.29, 0.717) is 30.7 Å². The van der Waals surface area contributed by atoms with Gasteiger partial charge in [0.05, 0.1) is 26.4 Å². The molecule has 1 saturated heterocycles. The Kier molecular flexibility index (Phi) is 13.9. The zero-order valence-electron chi connectivity index (χ0n) is 38.6. The topological polar surface area (TPSA) is 66.5 Å². The molecule has 57 heavy (non-hydrogen) atoms. The number of benzene rings is 1. The minimum atomic E-state index is -2.03. The fourth-order valence-electron chi connectivity index (χ4n) is 10.1. The Balaban J connectivity index is 1.36. The van der Waals surface area contributed by atoms with E-state index >= 15 is 0 Å². The Bertz CT molecular complexity index is 1650. The van der Waals surface area contributed by atoms with Gasteiger partial charge in [-0.2, -0.15) is 5.06 Å². The highest BCUT2D eigenvalue weighted by Crippen LogP contribution is 2.60. The van der Waals surface area contributed by atoms with E-state index in [9.17, 15) is 4.79 Å². The first-order chi connectivity index (χ1) is 26.3. The quantitative estimate of drug-likeness (QED) is 0.154. The molecule has 3 saturated carbocycles. The molecule has 8 atom stereocenters. The highest BCUT2D eigenvalue weighted by atomic mass is 28.4. The molecule has 0 N–H and O–H groups in total. The van der Waals surface area contributed by atoms with E-state index < -0.39 is 22.2 Å². The standard InChI is InChI=1S/C48H79NO6Si2/c1-33(28-38-31-48(10,44(50)52-12)55-49(38)32-35-19-23-39(51-11)24-20-35)41-25-26-42-36(18-17-27-47(41,42)9)21-22-37-29-40(53-56(13,14)45(3,4)5)30-43(34(37)2)54-57(15,16)46(6,7)8/h19-24,33,38,40-43H,2,17-18,25-32H2,1,3-16H3/b36-21+,37-22-/t33-,38?,40-,41-,42+,43+,47-,48?/m1/s1. The van der Waals surface area contributed by atoms with Crippen molar-refractivity contribution in [1.82, 2.24) is 5.06 Å². The van der Waals surface area contributed by atoms with Crippen molar-refractivity contribution in [3.63, 3.8) is 0 Å². The summed E-state index contributed by atoms with van der Waals surface area (Å²) in [6.07, 6.45) is 14.5. The molecule has 9 heteroatoms. The second kappa shape index (κ2) is 17.2. The monoisotopic (exact) mass is 822 g/mol. The lowest BCUT2D eigenvalue weighted by atomic mass is 9.60. The fourth-order valence-corrected chi connectivity index (χ4v) is 12.8. The van der Waals surface area contributed by atoms with Crippen molar-refractivity contribution in [2.75, 3.05) is 14.2 Å². The summed E-state index contributed by atoms with van der Waals surface area (Å²) in [5.74, 6) is 2.17. The molecule has 1 aliphatic heterocycles. The Labute approximate surface area is 349 Å². The normalized spacial score (nSPS) is 32.5. The average Bonchev–Trinajstić information content (AvgIpc) is 3.64. The van der Waals surface area contributed by atoms with E-state index in [4.69, 9.17) is 29.7 Å². The number of esters is 1. The minimum absolute atomic E-state index is 0.0164. The number of methoxy groups -OCH3 is 2. The Morgan fingerprint density at radius 3 is 2.21 bits per heavy atom. The maximum absolute atomic E-state index is 13.0. The molecule has 0 radical (unpaired) electrons. The smallest absolute Gasteiger partial charge is 0.340 e. The van der Waals surface area contributed by atoms with Gasteiger partial charge in [0.2, 0.25) is 0 Å². The predicted octanol–water partition coefficient (Wildman–Crippen LogP) is 12.4. The SMILES string of the molecule is C=C1/C(=C\C=C2/CCC[C@]3(C)[C@@H]([C@H](C)CC4CC(C)(C(=O)OC)ON4Cc4ccc(OC)cc4)CC[C@@H]23)C[C@@H](O[Si](C)(C)C(C)(C)C)C[C@@H]1O[Si](C)(C)C(C)(C)C. The van der Waals surface area contributed by atoms with Gasteiger partial charge in [0, 0.05) is 25.4 Å². The van der Waals surface area contributed by atoms with Gasteiger partial charge in [-0.15, -0.1) is 0 Å². The van der Waals surface area contributed by atoms with Gasteiger partial charge in [0.25, 0.3) is 0 Å². The maximum atomic E-state index is 13.0. The number of hydroxylamine groups is 2. The third-order valence-corrected chi connectivity index (χ3v) is 24.6. The average molecular weight is 822 g/mol. The van der Waals surface area contributed by atoms with Gasteiger partial charge in [-0.1, -0.05) is 91.8 Å². The van der Waals surface area contributed by atoms with Crippen molar-refractivity contribution >= 4 is 22.6 Å². The summed E-state index contributed by atoms with van der Waals surface area (Å²) in [6, 6.07) is 8.24. The molecule has 5 rings (SSSR count). The number of fused-ring (bicyclic) bond motifs is 1. The summed E-state index contributed by atoms with van der Waals surface area (Å²) >= 11 is 0. The summed E-state index contributed by atoms with van der Waals surface area (Å²) in [5.41, 5.74) is 4.44. The maximum Gasteiger partial charge on any atom is 0.340 e. The lowest BCUT2D eigenvalue weighted by molar-refractivity contribution is -0.220. The van der Waals surface area contributed by atoms with Crippen LogP contribution in [0.25, 0.3) is 0 Å². The molecule has 2 unspecified atom stereocenters. The van der Waals surface area contributed by atoms with Crippen molar-refractivity contribution < 1.29 is 28.0 Å². The first-order valence-electron chi connectivity index (χ1n) is 22.0. The van der Waals surface area contributed by atoms with E-state index in [0.717, 1.165) is 42.6 Å². The van der Waals surface area contributed by atoms with E-state index in [1.807, 2.05) is 19.1 Å². The highest BCUT2D eigenvalue weighted by Gasteiger charge is 2.54. The molecule has 0 spiro atoms. The van der Waals surface area contributed by atoms with E-state index in [1.54, 1.807) is 12.7 Å². The van der Waals surface area contributed by atoms with Crippen LogP contribution in [0.15, 0.2) is 59.7 Å². The van der Waals surface area contributed by atoms with Gasteiger partial charge in [-0.3, -0.25) is 4.84 Å². The minimum Gasteiger partial charge on any atom is -0.497 e. The van der Waals surface area contributed by atoms with Crippen LogP contribution < -0.4 is 4.74 Å². The van der Waals surface area contributed by atoms with Crippen LogP contribution in [-0.2, 0) is 29.8 Å². The number of nitrogens with zero attached hydrogens (tertiary/aromatic N) is 1. The number of hydrogen-bond acceptors (Lipinski definition) is 7. The number of rotatable bonds is 12. The van der Waals surface area contributed by atoms with Gasteiger partial charge in [-0.05, 0) is 140 Å². The van der Waals surface area contributed by atoms with Crippen LogP contribution in [0.1, 0.15) is 126 Å². The van der Waals surface area contributed by atoms with Crippen molar-refractivity contribution in [3.8, 4) is 5.75 Å². The molecule has 4 fully saturated rings. The number of carbonyl (C=O) groups is 1. The molecule has 7 nitrogen and oxygen atoms in total. The van der Waals surface area contributed by atoms with Gasteiger partial charge < -0.3 is 18.3 Å². The molecule has 3 aliphatic carbocycles. The molecule has 0 aromatic heterocycles. The zero-order chi connectivity index (χ0) is 42.4. The molecule has 0 bridgehead atoms. The lowest BCUT2D eigenvalue weighted by Gasteiger charge is -2.46. The predicted molar refractivity (Wildman–Crippen MR) is 239 cm³/mol. The van der Waals surface area contributed by atoms with Crippen LogP contribution in [0.3, 0.4) is 0 Å². The van der Waals surface area contributed by atoms with Crippen LogP contribution in [0, 0.1) is 23.2 Å². The first kappa shape index (κ1) is 46.1. The lowest BCUT2D eigenvalue weighted by Crippen LogP contribution is -2.49. The molecule has 1 aromatic rings. The van der Waals surface area contributed by atoms with Crippen molar-refractivity contribution in [1.29, 1.82) is 0 Å². The fraction of sp³-hybridized carbons (Fsp3) is 0.729. The second-order valence-corrected chi connectivity index (χ2v) is 31.2. The third kappa shape index (κ3) is 9.97. The van der Waals surface area contributed by atoms with Crippen LogP contribution in [0.2, 0.25) is 36.3 Å². The number of hydrogen-bond donors (Lipinski definition) is 0. The molecule has 4 aliphatic rings. The van der Waals surface area contributed by atoms with E-state index in [2.05, 4.69) is 111 Å². The van der Waals surface area contributed by atoms with Crippen LogP contribution in [0.5, 0.6) is 5.75 Å². The van der Waals surface area contributed by atoms with Crippen molar-refractivity contribution in [3.05, 3.63) is 65.3 Å². The van der Waals surface area contributed by atoms with Crippen molar-refractivity contribution in [2.24, 2.45) is 23.2 Å². The summed E-state index contributed by atoms with van der Waals surface area (Å²) < 4.78 is 24.9. The van der Waals surface area contributed by atoms with E-state index in [1.165, 1.54) is 38.4 Å². The Hall–Kier alpha value is -2.02. The molecule has 320 valence electrons. The van der Waals surface area contributed by atoms with Crippen LogP contribution in [-0.4, -0.2) is 65.7 Å². The largest absolute Gasteiger partial charge is 0.497 e. The number of ether oxygens (including phenoxy) is 2. The summed E-state index contributed by atoms with van der Waals surface area (Å²) in [5, 5.41) is 2.33. The van der Waals surface area contributed by atoms with Crippen LogP contribution >= 0.6 is 0 Å². The number of allylic oxidation sites excluding steroid dienone is 3. The Morgan fingerprint density at radius 1 is 0.982 bits per heavy atom. The molecule has 1 aromatic carbocycles. The molecular formula is C48H79NO6Si2. The third-order valence-electron chi connectivity index (χ3n) is 15.6. The highest BCUT2D eigenvalue weighted by molar-refractivity contribution is 6.74. The summed E-state index contributed by atoms with van der Waals surface area (Å²) in [4.78, 5) is 19.5. The number of carbonyl (C=O) groups excluding carboxylic acids is 1. The Morgan fingerprint density at radius 2 is 1.61 bits per heavy atom. The van der Waals surface area contributed by atoms with Gasteiger partial charge in [0.1, 0.15) is 5.75 Å².